The molecule has 0 aromatic heterocycles. The Morgan fingerprint density at radius 3 is 1.76 bits per heavy atom. The Morgan fingerprint density at radius 2 is 1.37 bits per heavy atom. The number of amides is 1. The van der Waals surface area contributed by atoms with Crippen LogP contribution in [0.1, 0.15) is 75.2 Å². The molecule has 7 heteroatoms. The monoisotopic (exact) mass is 541 g/mol. The lowest BCUT2D eigenvalue weighted by Crippen LogP contribution is -2.66. The first-order valence-corrected chi connectivity index (χ1v) is 15.6. The first-order chi connectivity index (χ1) is 17.7. The number of hydrogen-bond donors (Lipinski definition) is 1. The van der Waals surface area contributed by atoms with Gasteiger partial charge in [-0.2, -0.15) is 0 Å². The van der Waals surface area contributed by atoms with E-state index in [9.17, 15) is 9.59 Å². The van der Waals surface area contributed by atoms with Crippen molar-refractivity contribution >= 4 is 30.8 Å². The highest BCUT2D eigenvalue weighted by molar-refractivity contribution is 6.99. The summed E-state index contributed by atoms with van der Waals surface area (Å²) >= 11 is 0. The lowest BCUT2D eigenvalue weighted by Gasteiger charge is -2.43. The van der Waals surface area contributed by atoms with Crippen LogP contribution < -0.4 is 15.7 Å². The molecule has 0 bridgehead atoms. The van der Waals surface area contributed by atoms with Gasteiger partial charge in [-0.1, -0.05) is 88.4 Å². The van der Waals surface area contributed by atoms with Crippen LogP contribution in [0.3, 0.4) is 0 Å². The minimum atomic E-state index is -2.75. The third-order valence-corrected chi connectivity index (χ3v) is 11.5. The SMILES string of the molecule is CC[C@@H](C(=O)OC(C)C)[C@H](CCO[Si](c1ccccc1)(c1ccccc1)C(C)(C)C)NC(=O)OC(C)(C)C. The van der Waals surface area contributed by atoms with Crippen LogP contribution in [0.4, 0.5) is 4.79 Å². The van der Waals surface area contributed by atoms with Crippen LogP contribution in [0.15, 0.2) is 60.7 Å². The van der Waals surface area contributed by atoms with Crippen molar-refractivity contribution in [2.75, 3.05) is 6.61 Å². The van der Waals surface area contributed by atoms with Crippen LogP contribution in [-0.2, 0) is 18.7 Å². The molecule has 0 saturated heterocycles. The minimum Gasteiger partial charge on any atom is -0.463 e. The van der Waals surface area contributed by atoms with Crippen LogP contribution in [0.5, 0.6) is 0 Å². The molecule has 6 nitrogen and oxygen atoms in total. The molecule has 0 heterocycles. The predicted octanol–water partition coefficient (Wildman–Crippen LogP) is 5.82. The van der Waals surface area contributed by atoms with Crippen molar-refractivity contribution in [3.8, 4) is 0 Å². The van der Waals surface area contributed by atoms with E-state index >= 15 is 0 Å². The number of esters is 1. The predicted molar refractivity (Wildman–Crippen MR) is 156 cm³/mol. The normalized spacial score (nSPS) is 14.1. The highest BCUT2D eigenvalue weighted by atomic mass is 28.4. The molecular formula is C31H47NO5Si. The van der Waals surface area contributed by atoms with Gasteiger partial charge >= 0.3 is 12.1 Å². The Hall–Kier alpha value is -2.64. The number of nitrogens with one attached hydrogen (secondary N) is 1. The number of hydrogen-bond acceptors (Lipinski definition) is 5. The number of alkyl carbamates (subject to hydrolysis) is 1. The fraction of sp³-hybridized carbons (Fsp3) is 0.548. The van der Waals surface area contributed by atoms with Gasteiger partial charge in [-0.3, -0.25) is 4.79 Å². The van der Waals surface area contributed by atoms with E-state index in [4.69, 9.17) is 13.9 Å². The van der Waals surface area contributed by atoms with E-state index in [1.165, 1.54) is 10.4 Å². The van der Waals surface area contributed by atoms with Crippen molar-refractivity contribution in [3.63, 3.8) is 0 Å². The average molecular weight is 542 g/mol. The molecule has 1 N–H and O–H groups in total. The molecule has 0 radical (unpaired) electrons. The summed E-state index contributed by atoms with van der Waals surface area (Å²) in [6.45, 7) is 18.1. The van der Waals surface area contributed by atoms with Crippen molar-refractivity contribution < 1.29 is 23.5 Å². The van der Waals surface area contributed by atoms with Crippen LogP contribution in [-0.4, -0.2) is 44.7 Å². The summed E-state index contributed by atoms with van der Waals surface area (Å²) in [4.78, 5) is 25.8. The zero-order valence-corrected chi connectivity index (χ0v) is 25.7. The van der Waals surface area contributed by atoms with Gasteiger partial charge in [0.25, 0.3) is 8.32 Å². The first kappa shape index (κ1) is 31.6. The van der Waals surface area contributed by atoms with Crippen molar-refractivity contribution in [1.29, 1.82) is 0 Å². The second kappa shape index (κ2) is 13.4. The van der Waals surface area contributed by atoms with Gasteiger partial charge in [0.1, 0.15) is 5.60 Å². The molecule has 2 atom stereocenters. The molecule has 0 aliphatic carbocycles. The van der Waals surface area contributed by atoms with Crippen LogP contribution in [0.25, 0.3) is 0 Å². The molecule has 0 saturated carbocycles. The highest BCUT2D eigenvalue weighted by Crippen LogP contribution is 2.37. The molecule has 0 aliphatic rings. The van der Waals surface area contributed by atoms with E-state index in [0.717, 1.165) is 0 Å². The van der Waals surface area contributed by atoms with E-state index in [0.29, 0.717) is 19.4 Å². The summed E-state index contributed by atoms with van der Waals surface area (Å²) in [6.07, 6.45) is 0.163. The van der Waals surface area contributed by atoms with Crippen molar-refractivity contribution in [3.05, 3.63) is 60.7 Å². The summed E-state index contributed by atoms with van der Waals surface area (Å²) in [6, 6.07) is 20.3. The maximum atomic E-state index is 13.0. The largest absolute Gasteiger partial charge is 0.463 e. The lowest BCUT2D eigenvalue weighted by atomic mass is 9.94. The molecule has 2 aromatic rings. The summed E-state index contributed by atoms with van der Waals surface area (Å²) in [7, 11) is -2.75. The number of carbonyl (C=O) groups is 2. The average Bonchev–Trinajstić information content (AvgIpc) is 2.80. The fourth-order valence-electron chi connectivity index (χ4n) is 4.87. The van der Waals surface area contributed by atoms with Gasteiger partial charge < -0.3 is 19.2 Å². The van der Waals surface area contributed by atoms with Gasteiger partial charge in [0.15, 0.2) is 0 Å². The smallest absolute Gasteiger partial charge is 0.407 e. The maximum Gasteiger partial charge on any atom is 0.407 e. The van der Waals surface area contributed by atoms with Crippen molar-refractivity contribution in [1.82, 2.24) is 5.32 Å². The van der Waals surface area contributed by atoms with Crippen molar-refractivity contribution in [2.45, 2.75) is 97.9 Å². The van der Waals surface area contributed by atoms with Gasteiger partial charge in [-0.15, -0.1) is 0 Å². The molecular weight excluding hydrogens is 494 g/mol. The summed E-state index contributed by atoms with van der Waals surface area (Å²) in [5.74, 6) is -0.846. The third-order valence-electron chi connectivity index (χ3n) is 6.45. The number of benzene rings is 2. The zero-order valence-electron chi connectivity index (χ0n) is 24.7. The van der Waals surface area contributed by atoms with E-state index in [1.54, 1.807) is 0 Å². The fourth-order valence-corrected chi connectivity index (χ4v) is 9.45. The molecule has 0 unspecified atom stereocenters. The van der Waals surface area contributed by atoms with E-state index < -0.39 is 32.0 Å². The standard InChI is InChI=1S/C31H47NO5Si/c1-10-26(28(33)36-23(2)3)27(32-29(34)37-30(4,5)6)21-22-35-38(31(7,8)9,24-17-13-11-14-18-24)25-19-15-12-16-20-25/h11-20,23,26-27H,10,21-22H2,1-9H3,(H,32,34)/t26-,27+/m1/s1. The molecule has 0 aliphatic heterocycles. The van der Waals surface area contributed by atoms with Crippen LogP contribution in [0, 0.1) is 5.92 Å². The quantitative estimate of drug-likeness (QED) is 0.286. The molecule has 210 valence electrons. The number of rotatable bonds is 11. The van der Waals surface area contributed by atoms with Crippen LogP contribution in [0.2, 0.25) is 5.04 Å². The molecule has 1 amide bonds. The summed E-state index contributed by atoms with van der Waals surface area (Å²) in [5, 5.41) is 5.14. The summed E-state index contributed by atoms with van der Waals surface area (Å²) < 4.78 is 18.1. The van der Waals surface area contributed by atoms with Gasteiger partial charge in [0.05, 0.1) is 12.0 Å². The van der Waals surface area contributed by atoms with E-state index in [2.05, 4.69) is 74.6 Å². The van der Waals surface area contributed by atoms with E-state index in [-0.39, 0.29) is 17.1 Å². The Kier molecular flexibility index (Phi) is 11.2. The molecule has 2 aromatic carbocycles. The molecule has 0 fully saturated rings. The van der Waals surface area contributed by atoms with E-state index in [1.807, 2.05) is 53.7 Å². The number of carbonyl (C=O) groups excluding carboxylic acids is 2. The Bertz CT molecular complexity index is 973. The first-order valence-electron chi connectivity index (χ1n) is 13.7. The van der Waals surface area contributed by atoms with Gasteiger partial charge in [0.2, 0.25) is 0 Å². The van der Waals surface area contributed by atoms with Crippen LogP contribution >= 0.6 is 0 Å². The zero-order chi connectivity index (χ0) is 28.6. The minimum absolute atomic E-state index is 0.176. The third kappa shape index (κ3) is 8.43. The van der Waals surface area contributed by atoms with Crippen molar-refractivity contribution in [2.24, 2.45) is 5.92 Å². The maximum absolute atomic E-state index is 13.0. The lowest BCUT2D eigenvalue weighted by molar-refractivity contribution is -0.153. The van der Waals surface area contributed by atoms with Gasteiger partial charge in [-0.05, 0) is 62.9 Å². The second-order valence-corrected chi connectivity index (χ2v) is 16.4. The Morgan fingerprint density at radius 1 is 0.868 bits per heavy atom. The topological polar surface area (TPSA) is 73.9 Å². The molecule has 38 heavy (non-hydrogen) atoms. The number of ether oxygens (including phenoxy) is 2. The molecule has 2 rings (SSSR count). The van der Waals surface area contributed by atoms with Gasteiger partial charge in [-0.25, -0.2) is 4.79 Å². The Labute approximate surface area is 230 Å². The molecule has 0 spiro atoms. The second-order valence-electron chi connectivity index (χ2n) is 12.1. The highest BCUT2D eigenvalue weighted by Gasteiger charge is 2.50. The summed E-state index contributed by atoms with van der Waals surface area (Å²) in [5.41, 5.74) is -0.653. The Balaban J connectivity index is 2.42. The van der Waals surface area contributed by atoms with Gasteiger partial charge in [0, 0.05) is 12.6 Å².